The molecule has 1 amide bonds. The zero-order chi connectivity index (χ0) is 17.9. The van der Waals surface area contributed by atoms with Gasteiger partial charge in [-0.2, -0.15) is 0 Å². The zero-order valence-electron chi connectivity index (χ0n) is 15.2. The lowest BCUT2D eigenvalue weighted by Crippen LogP contribution is -2.56. The number of halogens is 1. The van der Waals surface area contributed by atoms with Crippen LogP contribution in [0.25, 0.3) is 11.0 Å². The first-order valence-corrected chi connectivity index (χ1v) is 10.2. The van der Waals surface area contributed by atoms with E-state index in [1.54, 1.807) is 6.33 Å². The smallest absolute Gasteiger partial charge is 0.242 e. The van der Waals surface area contributed by atoms with Crippen LogP contribution in [0.3, 0.4) is 0 Å². The molecule has 1 aromatic carbocycles. The van der Waals surface area contributed by atoms with Gasteiger partial charge in [-0.3, -0.25) is 4.79 Å². The highest BCUT2D eigenvalue weighted by Gasteiger charge is 2.57. The van der Waals surface area contributed by atoms with E-state index in [2.05, 4.69) is 10.3 Å². The van der Waals surface area contributed by atoms with Crippen molar-refractivity contribution in [2.24, 2.45) is 17.3 Å². The Bertz CT molecular complexity index is 846. The van der Waals surface area contributed by atoms with Gasteiger partial charge in [0, 0.05) is 11.4 Å². The summed E-state index contributed by atoms with van der Waals surface area (Å²) in [6, 6.07) is 7.69. The molecule has 4 aliphatic carbocycles. The average molecular weight is 372 g/mol. The predicted octanol–water partition coefficient (Wildman–Crippen LogP) is 4.29. The Labute approximate surface area is 159 Å². The van der Waals surface area contributed by atoms with Crippen LogP contribution < -0.4 is 5.32 Å². The van der Waals surface area contributed by atoms with Gasteiger partial charge in [-0.25, -0.2) is 4.98 Å². The van der Waals surface area contributed by atoms with Crippen LogP contribution in [0.15, 0.2) is 30.6 Å². The Morgan fingerprint density at radius 3 is 2.77 bits per heavy atom. The number of nitrogens with zero attached hydrogens (tertiary/aromatic N) is 2. The second-order valence-electron chi connectivity index (χ2n) is 9.15. The molecule has 4 aliphatic rings. The molecule has 3 unspecified atom stereocenters. The molecule has 0 radical (unpaired) electrons. The molecule has 6 rings (SSSR count). The number of para-hydroxylation sites is 2. The molecule has 1 N–H and O–H groups in total. The van der Waals surface area contributed by atoms with Gasteiger partial charge in [0.05, 0.1) is 17.4 Å². The second-order valence-corrected chi connectivity index (χ2v) is 9.95. The van der Waals surface area contributed by atoms with Gasteiger partial charge in [0.25, 0.3) is 0 Å². The number of rotatable bonds is 4. The topological polar surface area (TPSA) is 46.9 Å². The average Bonchev–Trinajstić information content (AvgIpc) is 3.01. The normalized spacial score (nSPS) is 36.4. The largest absolute Gasteiger partial charge is 0.354 e. The van der Waals surface area contributed by atoms with E-state index in [9.17, 15) is 4.79 Å². The Balaban J connectivity index is 1.30. The molecular formula is C21H26ClN3O. The van der Waals surface area contributed by atoms with Crippen molar-refractivity contribution in [1.82, 2.24) is 14.9 Å². The van der Waals surface area contributed by atoms with Crippen LogP contribution in [0.2, 0.25) is 0 Å². The number of carbonyl (C=O) groups excluding carboxylic acids is 1. The molecule has 5 heteroatoms. The van der Waals surface area contributed by atoms with Crippen molar-refractivity contribution in [1.29, 1.82) is 0 Å². The molecule has 0 aliphatic heterocycles. The summed E-state index contributed by atoms with van der Waals surface area (Å²) in [7, 11) is 0. The highest BCUT2D eigenvalue weighted by atomic mass is 35.5. The van der Waals surface area contributed by atoms with Gasteiger partial charge < -0.3 is 9.88 Å². The van der Waals surface area contributed by atoms with E-state index < -0.39 is 0 Å². The zero-order valence-corrected chi connectivity index (χ0v) is 16.0. The van der Waals surface area contributed by atoms with Crippen molar-refractivity contribution in [3.63, 3.8) is 0 Å². The van der Waals surface area contributed by atoms with Gasteiger partial charge in [-0.1, -0.05) is 12.1 Å². The fraction of sp³-hybridized carbons (Fsp3) is 0.619. The van der Waals surface area contributed by atoms with E-state index in [1.807, 2.05) is 35.8 Å². The highest BCUT2D eigenvalue weighted by molar-refractivity contribution is 6.24. The number of alkyl halides is 1. The SMILES string of the molecule is CC(C(=O)NCC12CC3CC(CC(Cl)(C3)C1)C2)n1cnc2ccccc21. The van der Waals surface area contributed by atoms with E-state index in [0.717, 1.165) is 35.8 Å². The molecule has 2 aromatic rings. The van der Waals surface area contributed by atoms with Gasteiger partial charge in [-0.15, -0.1) is 11.6 Å². The van der Waals surface area contributed by atoms with Crippen LogP contribution in [-0.4, -0.2) is 26.9 Å². The van der Waals surface area contributed by atoms with E-state index in [-0.39, 0.29) is 22.2 Å². The number of amides is 1. The van der Waals surface area contributed by atoms with Crippen LogP contribution in [0.1, 0.15) is 51.5 Å². The molecule has 26 heavy (non-hydrogen) atoms. The molecule has 4 bridgehead atoms. The van der Waals surface area contributed by atoms with Crippen molar-refractivity contribution >= 4 is 28.5 Å². The number of carbonyl (C=O) groups is 1. The Hall–Kier alpha value is -1.55. The fourth-order valence-electron chi connectivity index (χ4n) is 6.38. The van der Waals surface area contributed by atoms with Crippen molar-refractivity contribution in [3.8, 4) is 0 Å². The van der Waals surface area contributed by atoms with Crippen molar-refractivity contribution in [2.75, 3.05) is 6.54 Å². The Morgan fingerprint density at radius 1 is 1.31 bits per heavy atom. The summed E-state index contributed by atoms with van der Waals surface area (Å²) < 4.78 is 1.97. The maximum atomic E-state index is 12.9. The van der Waals surface area contributed by atoms with Crippen LogP contribution in [0.5, 0.6) is 0 Å². The second kappa shape index (κ2) is 5.72. The van der Waals surface area contributed by atoms with E-state index in [1.165, 1.54) is 32.1 Å². The number of nitrogens with one attached hydrogen (secondary N) is 1. The molecular weight excluding hydrogens is 346 g/mol. The quantitative estimate of drug-likeness (QED) is 0.815. The van der Waals surface area contributed by atoms with Gasteiger partial charge >= 0.3 is 0 Å². The molecule has 4 fully saturated rings. The summed E-state index contributed by atoms with van der Waals surface area (Å²) >= 11 is 6.92. The number of hydrogen-bond acceptors (Lipinski definition) is 2. The number of aromatic nitrogens is 2. The lowest BCUT2D eigenvalue weighted by molar-refractivity contribution is -0.125. The van der Waals surface area contributed by atoms with Gasteiger partial charge in [0.2, 0.25) is 5.91 Å². The number of hydrogen-bond donors (Lipinski definition) is 1. The van der Waals surface area contributed by atoms with Crippen molar-refractivity contribution in [2.45, 2.75) is 56.4 Å². The van der Waals surface area contributed by atoms with Crippen LogP contribution >= 0.6 is 11.6 Å². The molecule has 0 spiro atoms. The third kappa shape index (κ3) is 2.65. The fourth-order valence-corrected chi connectivity index (χ4v) is 7.10. The van der Waals surface area contributed by atoms with Gasteiger partial charge in [0.1, 0.15) is 6.04 Å². The third-order valence-electron chi connectivity index (χ3n) is 7.03. The van der Waals surface area contributed by atoms with E-state index in [0.29, 0.717) is 0 Å². The monoisotopic (exact) mass is 371 g/mol. The molecule has 138 valence electrons. The maximum absolute atomic E-state index is 12.9. The summed E-state index contributed by atoms with van der Waals surface area (Å²) in [6.07, 6.45) is 9.02. The van der Waals surface area contributed by atoms with Crippen LogP contribution in [0.4, 0.5) is 0 Å². The number of benzene rings is 1. The minimum Gasteiger partial charge on any atom is -0.354 e. The molecule has 1 heterocycles. The first kappa shape index (κ1) is 16.6. The summed E-state index contributed by atoms with van der Waals surface area (Å²) in [5, 5.41) is 3.26. The molecule has 4 saturated carbocycles. The first-order chi connectivity index (χ1) is 12.5. The van der Waals surface area contributed by atoms with E-state index >= 15 is 0 Å². The summed E-state index contributed by atoms with van der Waals surface area (Å²) in [6.45, 7) is 2.72. The minimum atomic E-state index is -0.263. The summed E-state index contributed by atoms with van der Waals surface area (Å²) in [5.41, 5.74) is 2.15. The van der Waals surface area contributed by atoms with Gasteiger partial charge in [-0.05, 0) is 74.8 Å². The van der Waals surface area contributed by atoms with E-state index in [4.69, 9.17) is 11.6 Å². The Morgan fingerprint density at radius 2 is 2.04 bits per heavy atom. The third-order valence-corrected chi connectivity index (χ3v) is 7.47. The minimum absolute atomic E-state index is 0.000970. The number of imidazole rings is 1. The summed E-state index contributed by atoms with van der Waals surface area (Å²) in [5.74, 6) is 1.61. The summed E-state index contributed by atoms with van der Waals surface area (Å²) in [4.78, 5) is 17.3. The Kier molecular flexibility index (Phi) is 3.66. The first-order valence-electron chi connectivity index (χ1n) is 9.84. The molecule has 0 saturated heterocycles. The standard InChI is InChI=1S/C21H26ClN3O/c1-14(25-13-24-17-4-2-3-5-18(17)25)19(26)23-12-20-7-15-6-16(8-20)10-21(22,9-15)11-20/h2-5,13-16H,6-12H2,1H3,(H,23,26). The van der Waals surface area contributed by atoms with Crippen LogP contribution in [0, 0.1) is 17.3 Å². The van der Waals surface area contributed by atoms with Crippen molar-refractivity contribution in [3.05, 3.63) is 30.6 Å². The lowest BCUT2D eigenvalue weighted by atomic mass is 9.49. The van der Waals surface area contributed by atoms with Crippen molar-refractivity contribution < 1.29 is 4.79 Å². The van der Waals surface area contributed by atoms with Gasteiger partial charge in [0.15, 0.2) is 0 Å². The molecule has 3 atom stereocenters. The molecule has 4 nitrogen and oxygen atoms in total. The lowest BCUT2D eigenvalue weighted by Gasteiger charge is -2.60. The predicted molar refractivity (Wildman–Crippen MR) is 103 cm³/mol. The molecule has 1 aromatic heterocycles. The maximum Gasteiger partial charge on any atom is 0.242 e. The highest BCUT2D eigenvalue weighted by Crippen LogP contribution is 2.63. The number of fused-ring (bicyclic) bond motifs is 1. The van der Waals surface area contributed by atoms with Crippen LogP contribution in [-0.2, 0) is 4.79 Å².